The molecule has 10 nitrogen and oxygen atoms in total. The molecule has 2 aromatic heterocycles. The minimum absolute atomic E-state index is 0.0657. The number of para-hydroxylation sites is 1. The number of rotatable bonds is 7. The predicted molar refractivity (Wildman–Crippen MR) is 173 cm³/mol. The first-order valence-corrected chi connectivity index (χ1v) is 16.2. The fraction of sp³-hybridized carbons (Fsp3) is 0.429. The number of piperidine rings is 2. The average molecular weight is 608 g/mol. The topological polar surface area (TPSA) is 107 Å². The van der Waals surface area contributed by atoms with Gasteiger partial charge < -0.3 is 19.9 Å². The number of nitrogens with one attached hydrogen (secondary N) is 2. The number of hydrogen-bond donors (Lipinski definition) is 2. The van der Waals surface area contributed by atoms with Crippen LogP contribution in [-0.4, -0.2) is 74.2 Å². The van der Waals surface area contributed by atoms with Crippen LogP contribution in [0.15, 0.2) is 60.9 Å². The number of fused-ring (bicyclic) bond motifs is 2. The Bertz CT molecular complexity index is 1670. The third kappa shape index (κ3) is 6.51. The van der Waals surface area contributed by atoms with Gasteiger partial charge in [0.1, 0.15) is 6.10 Å². The van der Waals surface area contributed by atoms with Gasteiger partial charge in [0.25, 0.3) is 0 Å². The smallest absolute Gasteiger partial charge is 0.410 e. The molecule has 7 rings (SSSR count). The quantitative estimate of drug-likeness (QED) is 0.260. The Kier molecular flexibility index (Phi) is 8.39. The van der Waals surface area contributed by atoms with Gasteiger partial charge in [0.2, 0.25) is 0 Å². The number of urea groups is 1. The summed E-state index contributed by atoms with van der Waals surface area (Å²) in [6, 6.07) is 16.3. The van der Waals surface area contributed by atoms with E-state index >= 15 is 0 Å². The van der Waals surface area contributed by atoms with Crippen molar-refractivity contribution in [3.8, 4) is 0 Å². The largest absolute Gasteiger partial charge is 0.439 e. The minimum Gasteiger partial charge on any atom is -0.439 e. The SMILES string of the molecule is Cc1cc(CC(OC(=O)N2CCC(N3Cc4ccccc4NC3=O)CC2)c2cc(CN3CCCCC3)ccn2)cc2cn[nH]c12. The van der Waals surface area contributed by atoms with E-state index in [9.17, 15) is 9.59 Å². The molecule has 234 valence electrons. The molecule has 3 aliphatic heterocycles. The molecule has 1 atom stereocenters. The van der Waals surface area contributed by atoms with Gasteiger partial charge in [-0.05, 0) is 92.2 Å². The highest BCUT2D eigenvalue weighted by atomic mass is 16.6. The van der Waals surface area contributed by atoms with E-state index in [1.807, 2.05) is 35.5 Å². The second-order valence-corrected chi connectivity index (χ2v) is 12.7. The van der Waals surface area contributed by atoms with Crippen LogP contribution < -0.4 is 5.32 Å². The summed E-state index contributed by atoms with van der Waals surface area (Å²) in [5, 5.41) is 11.3. The standard InChI is InChI=1S/C35H41N7O3/c1-24-17-26(18-28-21-37-39-33(24)28)20-32(31-19-25(9-12-36-31)22-40-13-5-2-6-14-40)45-35(44)41-15-10-29(11-16-41)42-23-27-7-3-4-8-30(27)38-34(42)43/h3-4,7-9,12,17-19,21,29,32H,2,5-6,10-11,13-16,20,22-23H2,1H3,(H,37,39)(H,38,43). The summed E-state index contributed by atoms with van der Waals surface area (Å²) in [6.07, 6.45) is 8.49. The number of aromatic amines is 1. The molecule has 0 aliphatic carbocycles. The summed E-state index contributed by atoms with van der Waals surface area (Å²) in [5.74, 6) is 0. The first kappa shape index (κ1) is 29.3. The molecule has 4 aromatic rings. The maximum Gasteiger partial charge on any atom is 0.410 e. The van der Waals surface area contributed by atoms with Crippen molar-refractivity contribution >= 4 is 28.7 Å². The zero-order chi connectivity index (χ0) is 30.8. The van der Waals surface area contributed by atoms with Gasteiger partial charge in [0.05, 0.1) is 17.4 Å². The van der Waals surface area contributed by atoms with Crippen LogP contribution in [0.4, 0.5) is 15.3 Å². The van der Waals surface area contributed by atoms with Gasteiger partial charge in [0, 0.05) is 55.9 Å². The zero-order valence-corrected chi connectivity index (χ0v) is 25.9. The Balaban J connectivity index is 1.06. The molecule has 2 fully saturated rings. The third-order valence-electron chi connectivity index (χ3n) is 9.52. The second-order valence-electron chi connectivity index (χ2n) is 12.7. The number of pyridine rings is 1. The summed E-state index contributed by atoms with van der Waals surface area (Å²) >= 11 is 0. The molecule has 10 heteroatoms. The highest BCUT2D eigenvalue weighted by molar-refractivity contribution is 5.92. The number of aromatic nitrogens is 3. The number of likely N-dealkylation sites (tertiary alicyclic amines) is 2. The molecule has 0 bridgehead atoms. The Hall–Kier alpha value is -4.44. The predicted octanol–water partition coefficient (Wildman–Crippen LogP) is 6.18. The van der Waals surface area contributed by atoms with Gasteiger partial charge in [-0.15, -0.1) is 0 Å². The molecule has 2 N–H and O–H groups in total. The first-order valence-electron chi connectivity index (χ1n) is 16.2. The Morgan fingerprint density at radius 1 is 1.02 bits per heavy atom. The Morgan fingerprint density at radius 3 is 2.69 bits per heavy atom. The van der Waals surface area contributed by atoms with E-state index in [0.29, 0.717) is 38.9 Å². The van der Waals surface area contributed by atoms with Gasteiger partial charge in [0.15, 0.2) is 0 Å². The van der Waals surface area contributed by atoms with E-state index in [1.165, 1.54) is 24.8 Å². The number of ether oxygens (including phenoxy) is 1. The minimum atomic E-state index is -0.537. The molecule has 5 heterocycles. The van der Waals surface area contributed by atoms with Gasteiger partial charge in [-0.25, -0.2) is 9.59 Å². The lowest BCUT2D eigenvalue weighted by molar-refractivity contribution is 0.0463. The van der Waals surface area contributed by atoms with Crippen LogP contribution >= 0.6 is 0 Å². The number of anilines is 1. The van der Waals surface area contributed by atoms with Gasteiger partial charge in [-0.3, -0.25) is 15.0 Å². The number of hydrogen-bond acceptors (Lipinski definition) is 6. The molecule has 2 saturated heterocycles. The molecular formula is C35H41N7O3. The van der Waals surface area contributed by atoms with Crippen molar-refractivity contribution < 1.29 is 14.3 Å². The lowest BCUT2D eigenvalue weighted by atomic mass is 10.00. The highest BCUT2D eigenvalue weighted by Gasteiger charge is 2.34. The van der Waals surface area contributed by atoms with E-state index in [1.54, 1.807) is 4.90 Å². The van der Waals surface area contributed by atoms with E-state index < -0.39 is 6.10 Å². The Morgan fingerprint density at radius 2 is 1.84 bits per heavy atom. The van der Waals surface area contributed by atoms with Crippen LogP contribution in [0.25, 0.3) is 10.9 Å². The molecule has 1 unspecified atom stereocenters. The molecule has 3 amide bonds. The second kappa shape index (κ2) is 12.9. The number of benzene rings is 2. The summed E-state index contributed by atoms with van der Waals surface area (Å²) in [4.78, 5) is 37.5. The average Bonchev–Trinajstić information content (AvgIpc) is 3.54. The van der Waals surface area contributed by atoms with Crippen LogP contribution in [0.2, 0.25) is 0 Å². The summed E-state index contributed by atoms with van der Waals surface area (Å²) in [5.41, 5.74) is 7.12. The van der Waals surface area contributed by atoms with E-state index in [2.05, 4.69) is 57.7 Å². The van der Waals surface area contributed by atoms with Crippen molar-refractivity contribution in [2.75, 3.05) is 31.5 Å². The number of nitrogens with zero attached hydrogens (tertiary/aromatic N) is 5. The van der Waals surface area contributed by atoms with Crippen molar-refractivity contribution in [1.82, 2.24) is 29.9 Å². The molecule has 3 aliphatic rings. The third-order valence-corrected chi connectivity index (χ3v) is 9.52. The fourth-order valence-corrected chi connectivity index (χ4v) is 7.07. The Labute approximate surface area is 263 Å². The van der Waals surface area contributed by atoms with Gasteiger partial charge >= 0.3 is 12.1 Å². The van der Waals surface area contributed by atoms with Gasteiger partial charge in [-0.1, -0.05) is 30.7 Å². The summed E-state index contributed by atoms with van der Waals surface area (Å²) < 4.78 is 6.30. The molecule has 0 radical (unpaired) electrons. The lowest BCUT2D eigenvalue weighted by Gasteiger charge is -2.40. The number of amides is 3. The maximum absolute atomic E-state index is 13.7. The lowest BCUT2D eigenvalue weighted by Crippen LogP contribution is -2.51. The van der Waals surface area contributed by atoms with E-state index in [0.717, 1.165) is 58.6 Å². The summed E-state index contributed by atoms with van der Waals surface area (Å²) in [7, 11) is 0. The van der Waals surface area contributed by atoms with Crippen molar-refractivity contribution in [3.05, 3.63) is 88.9 Å². The van der Waals surface area contributed by atoms with Gasteiger partial charge in [-0.2, -0.15) is 5.10 Å². The number of H-pyrrole nitrogens is 1. The van der Waals surface area contributed by atoms with Crippen LogP contribution in [-0.2, 0) is 24.2 Å². The van der Waals surface area contributed by atoms with Crippen LogP contribution in [0, 0.1) is 6.92 Å². The highest BCUT2D eigenvalue weighted by Crippen LogP contribution is 2.30. The molecule has 0 saturated carbocycles. The van der Waals surface area contributed by atoms with E-state index in [4.69, 9.17) is 9.72 Å². The first-order chi connectivity index (χ1) is 22.0. The maximum atomic E-state index is 13.7. The van der Waals surface area contributed by atoms with Crippen molar-refractivity contribution in [1.29, 1.82) is 0 Å². The van der Waals surface area contributed by atoms with Crippen molar-refractivity contribution in [2.24, 2.45) is 0 Å². The van der Waals surface area contributed by atoms with Crippen LogP contribution in [0.1, 0.15) is 66.2 Å². The van der Waals surface area contributed by atoms with Crippen LogP contribution in [0.3, 0.4) is 0 Å². The van der Waals surface area contributed by atoms with Crippen molar-refractivity contribution in [3.63, 3.8) is 0 Å². The zero-order valence-electron chi connectivity index (χ0n) is 25.9. The number of carbonyl (C=O) groups is 2. The molecule has 2 aromatic carbocycles. The monoisotopic (exact) mass is 607 g/mol. The number of aryl methyl sites for hydroxylation is 1. The van der Waals surface area contributed by atoms with E-state index in [-0.39, 0.29) is 18.2 Å². The summed E-state index contributed by atoms with van der Waals surface area (Å²) in [6.45, 7) is 6.81. The molecular weight excluding hydrogens is 566 g/mol. The van der Waals surface area contributed by atoms with Crippen molar-refractivity contribution in [2.45, 2.75) is 70.7 Å². The normalized spacial score (nSPS) is 18.5. The number of carbonyl (C=O) groups excluding carboxylic acids is 2. The molecule has 0 spiro atoms. The fourth-order valence-electron chi connectivity index (χ4n) is 7.07. The van der Waals surface area contributed by atoms with Crippen LogP contribution in [0.5, 0.6) is 0 Å². The molecule has 45 heavy (non-hydrogen) atoms.